The maximum atomic E-state index is 12.5. The van der Waals surface area contributed by atoms with Crippen molar-refractivity contribution in [2.75, 3.05) is 16.8 Å². The monoisotopic (exact) mass is 366 g/mol. The largest absolute Gasteiger partial charge is 0.326 e. The van der Waals surface area contributed by atoms with Crippen LogP contribution in [0, 0.1) is 6.92 Å². The van der Waals surface area contributed by atoms with Crippen LogP contribution < -0.4 is 10.2 Å². The molecule has 0 bridgehead atoms. The standard InChI is InChI=1S/C23H30N2O2/c1-6-19-10-12-20(13-11-19)25(18(5)26)15-14-22(27)24-23-17(4)8-7-9-21(23)16(2)3/h7-13,16H,6,14-15H2,1-5H3,(H,24,27). The summed E-state index contributed by atoms with van der Waals surface area (Å²) in [4.78, 5) is 26.3. The van der Waals surface area contributed by atoms with Crippen molar-refractivity contribution >= 4 is 23.2 Å². The van der Waals surface area contributed by atoms with Crippen LogP contribution in [0.1, 0.15) is 56.7 Å². The van der Waals surface area contributed by atoms with Gasteiger partial charge in [-0.3, -0.25) is 9.59 Å². The highest BCUT2D eigenvalue weighted by molar-refractivity contribution is 5.95. The molecule has 1 N–H and O–H groups in total. The number of nitrogens with zero attached hydrogens (tertiary/aromatic N) is 1. The highest BCUT2D eigenvalue weighted by atomic mass is 16.2. The highest BCUT2D eigenvalue weighted by Gasteiger charge is 2.16. The number of hydrogen-bond acceptors (Lipinski definition) is 2. The van der Waals surface area contributed by atoms with Crippen LogP contribution in [0.25, 0.3) is 0 Å². The third kappa shape index (κ3) is 5.43. The van der Waals surface area contributed by atoms with Gasteiger partial charge in [0.05, 0.1) is 0 Å². The van der Waals surface area contributed by atoms with Gasteiger partial charge in [-0.25, -0.2) is 0 Å². The summed E-state index contributed by atoms with van der Waals surface area (Å²) in [5.41, 5.74) is 5.11. The molecule has 2 amide bonds. The van der Waals surface area contributed by atoms with Crippen molar-refractivity contribution in [3.63, 3.8) is 0 Å². The van der Waals surface area contributed by atoms with Gasteiger partial charge in [0.2, 0.25) is 11.8 Å². The van der Waals surface area contributed by atoms with E-state index in [2.05, 4.69) is 26.1 Å². The second kappa shape index (κ2) is 9.36. The number of para-hydroxylation sites is 1. The maximum Gasteiger partial charge on any atom is 0.226 e. The van der Waals surface area contributed by atoms with Crippen molar-refractivity contribution in [1.29, 1.82) is 0 Å². The first-order valence-corrected chi connectivity index (χ1v) is 9.59. The lowest BCUT2D eigenvalue weighted by atomic mass is 9.98. The van der Waals surface area contributed by atoms with Gasteiger partial charge >= 0.3 is 0 Å². The van der Waals surface area contributed by atoms with E-state index < -0.39 is 0 Å². The van der Waals surface area contributed by atoms with Crippen LogP contribution in [0.2, 0.25) is 0 Å². The van der Waals surface area contributed by atoms with E-state index in [9.17, 15) is 9.59 Å². The Morgan fingerprint density at radius 1 is 1.07 bits per heavy atom. The molecule has 0 radical (unpaired) electrons. The van der Waals surface area contributed by atoms with Gasteiger partial charge in [-0.05, 0) is 48.1 Å². The fourth-order valence-electron chi connectivity index (χ4n) is 3.14. The zero-order valence-electron chi connectivity index (χ0n) is 17.0. The van der Waals surface area contributed by atoms with Crippen molar-refractivity contribution < 1.29 is 9.59 Å². The fourth-order valence-corrected chi connectivity index (χ4v) is 3.14. The first kappa shape index (κ1) is 20.7. The van der Waals surface area contributed by atoms with Crippen molar-refractivity contribution in [2.45, 2.75) is 53.4 Å². The first-order valence-electron chi connectivity index (χ1n) is 9.59. The Morgan fingerprint density at radius 2 is 1.74 bits per heavy atom. The van der Waals surface area contributed by atoms with Crippen molar-refractivity contribution in [1.82, 2.24) is 0 Å². The number of amides is 2. The van der Waals surface area contributed by atoms with Gasteiger partial charge in [-0.1, -0.05) is 51.1 Å². The summed E-state index contributed by atoms with van der Waals surface area (Å²) >= 11 is 0. The Kier molecular flexibility index (Phi) is 7.17. The van der Waals surface area contributed by atoms with Crippen LogP contribution in [0.5, 0.6) is 0 Å². The summed E-state index contributed by atoms with van der Waals surface area (Å²) in [5, 5.41) is 3.05. The van der Waals surface area contributed by atoms with Gasteiger partial charge < -0.3 is 10.2 Å². The summed E-state index contributed by atoms with van der Waals surface area (Å²) < 4.78 is 0. The lowest BCUT2D eigenvalue weighted by Crippen LogP contribution is -2.32. The van der Waals surface area contributed by atoms with E-state index in [0.717, 1.165) is 28.9 Å². The summed E-state index contributed by atoms with van der Waals surface area (Å²) in [5.74, 6) is 0.180. The van der Waals surface area contributed by atoms with Crippen molar-refractivity contribution in [3.05, 3.63) is 59.2 Å². The van der Waals surface area contributed by atoms with E-state index in [4.69, 9.17) is 0 Å². The third-order valence-corrected chi connectivity index (χ3v) is 4.79. The quantitative estimate of drug-likeness (QED) is 0.744. The van der Waals surface area contributed by atoms with Crippen LogP contribution in [-0.2, 0) is 16.0 Å². The van der Waals surface area contributed by atoms with Gasteiger partial charge in [-0.15, -0.1) is 0 Å². The molecule has 4 nitrogen and oxygen atoms in total. The molecule has 0 saturated heterocycles. The average molecular weight is 367 g/mol. The highest BCUT2D eigenvalue weighted by Crippen LogP contribution is 2.27. The van der Waals surface area contributed by atoms with Crippen LogP contribution in [0.15, 0.2) is 42.5 Å². The molecule has 0 aliphatic rings. The molecule has 0 aliphatic carbocycles. The first-order chi connectivity index (χ1) is 12.8. The molecule has 0 aliphatic heterocycles. The molecule has 0 aromatic heterocycles. The van der Waals surface area contributed by atoms with Crippen LogP contribution in [0.3, 0.4) is 0 Å². The molecule has 0 fully saturated rings. The molecule has 0 unspecified atom stereocenters. The van der Waals surface area contributed by atoms with Gasteiger partial charge in [0.15, 0.2) is 0 Å². The molecule has 0 heterocycles. The number of anilines is 2. The SMILES string of the molecule is CCc1ccc(N(CCC(=O)Nc2c(C)cccc2C(C)C)C(C)=O)cc1. The molecule has 4 heteroatoms. The number of nitrogens with one attached hydrogen (secondary N) is 1. The Labute approximate surface area is 162 Å². The molecule has 144 valence electrons. The molecule has 0 spiro atoms. The average Bonchev–Trinajstić information content (AvgIpc) is 2.63. The van der Waals surface area contributed by atoms with Crippen LogP contribution in [0.4, 0.5) is 11.4 Å². The van der Waals surface area contributed by atoms with E-state index >= 15 is 0 Å². The maximum absolute atomic E-state index is 12.5. The number of carbonyl (C=O) groups is 2. The fraction of sp³-hybridized carbons (Fsp3) is 0.391. The second-order valence-electron chi connectivity index (χ2n) is 7.18. The van der Waals surface area contributed by atoms with Gasteiger partial charge in [-0.2, -0.15) is 0 Å². The minimum absolute atomic E-state index is 0.0641. The molecular formula is C23H30N2O2. The molecule has 2 rings (SSSR count). The summed E-state index contributed by atoms with van der Waals surface area (Å²) in [6.45, 7) is 10.2. The predicted octanol–water partition coefficient (Wildman–Crippen LogP) is 5.06. The Balaban J connectivity index is 2.07. The van der Waals surface area contributed by atoms with Crippen LogP contribution >= 0.6 is 0 Å². The summed E-state index contributed by atoms with van der Waals surface area (Å²) in [7, 11) is 0. The Bertz CT molecular complexity index is 795. The van der Waals surface area contributed by atoms with Crippen LogP contribution in [-0.4, -0.2) is 18.4 Å². The van der Waals surface area contributed by atoms with Gasteiger partial charge in [0.1, 0.15) is 0 Å². The minimum atomic E-state index is -0.0809. The lowest BCUT2D eigenvalue weighted by molar-refractivity contribution is -0.117. The molecule has 2 aromatic rings. The Morgan fingerprint density at radius 3 is 2.30 bits per heavy atom. The second-order valence-corrected chi connectivity index (χ2v) is 7.18. The van der Waals surface area contributed by atoms with Crippen molar-refractivity contribution in [2.24, 2.45) is 0 Å². The third-order valence-electron chi connectivity index (χ3n) is 4.79. The molecule has 2 aromatic carbocycles. The van der Waals surface area contributed by atoms with Gasteiger partial charge in [0, 0.05) is 31.3 Å². The lowest BCUT2D eigenvalue weighted by Gasteiger charge is -2.22. The topological polar surface area (TPSA) is 49.4 Å². The molecule has 27 heavy (non-hydrogen) atoms. The summed E-state index contributed by atoms with van der Waals surface area (Å²) in [6, 6.07) is 14.0. The normalized spacial score (nSPS) is 10.7. The predicted molar refractivity (Wildman–Crippen MR) is 112 cm³/mol. The number of benzene rings is 2. The van der Waals surface area contributed by atoms with Crippen molar-refractivity contribution in [3.8, 4) is 0 Å². The van der Waals surface area contributed by atoms with E-state index in [0.29, 0.717) is 12.5 Å². The number of carbonyl (C=O) groups excluding carboxylic acids is 2. The molecule has 0 atom stereocenters. The van der Waals surface area contributed by atoms with E-state index in [1.807, 2.05) is 49.4 Å². The smallest absolute Gasteiger partial charge is 0.226 e. The zero-order chi connectivity index (χ0) is 20.0. The van der Waals surface area contributed by atoms with E-state index in [-0.39, 0.29) is 18.2 Å². The minimum Gasteiger partial charge on any atom is -0.326 e. The molecular weight excluding hydrogens is 336 g/mol. The van der Waals surface area contributed by atoms with E-state index in [1.54, 1.807) is 4.90 Å². The number of aryl methyl sites for hydroxylation is 2. The summed E-state index contributed by atoms with van der Waals surface area (Å²) in [6.07, 6.45) is 1.21. The molecule has 0 saturated carbocycles. The number of hydrogen-bond donors (Lipinski definition) is 1. The van der Waals surface area contributed by atoms with Gasteiger partial charge in [0.25, 0.3) is 0 Å². The number of rotatable bonds is 7. The van der Waals surface area contributed by atoms with E-state index in [1.165, 1.54) is 12.5 Å². The Hall–Kier alpha value is -2.62. The zero-order valence-corrected chi connectivity index (χ0v) is 17.0.